The van der Waals surface area contributed by atoms with Gasteiger partial charge in [0.15, 0.2) is 0 Å². The molecule has 5 heteroatoms. The Bertz CT molecular complexity index is 546. The van der Waals surface area contributed by atoms with E-state index in [0.29, 0.717) is 11.3 Å². The Morgan fingerprint density at radius 2 is 1.76 bits per heavy atom. The predicted octanol–water partition coefficient (Wildman–Crippen LogP) is 1.42. The molecule has 1 N–H and O–H groups in total. The Morgan fingerprint density at radius 1 is 1.10 bits per heavy atom. The number of carbonyl (C=O) groups excluding carboxylic acids is 2. The molecule has 0 unspecified atom stereocenters. The lowest BCUT2D eigenvalue weighted by Gasteiger charge is -2.32. The zero-order valence-corrected chi connectivity index (χ0v) is 12.3. The van der Waals surface area contributed by atoms with E-state index in [2.05, 4.69) is 17.3 Å². The van der Waals surface area contributed by atoms with E-state index in [0.717, 1.165) is 39.0 Å². The molecular weight excluding hydrogens is 266 g/mol. The first-order valence-electron chi connectivity index (χ1n) is 7.53. The molecule has 2 fully saturated rings. The average Bonchev–Trinajstić information content (AvgIpc) is 3.32. The quantitative estimate of drug-likeness (QED) is 0.915. The minimum absolute atomic E-state index is 0.00907. The van der Waals surface area contributed by atoms with Crippen LogP contribution in [0.15, 0.2) is 24.3 Å². The lowest BCUT2D eigenvalue weighted by molar-refractivity contribution is -0.117. The van der Waals surface area contributed by atoms with E-state index in [1.807, 2.05) is 23.1 Å². The van der Waals surface area contributed by atoms with Crippen LogP contribution >= 0.6 is 0 Å². The molecule has 1 aliphatic carbocycles. The van der Waals surface area contributed by atoms with Crippen LogP contribution in [0.1, 0.15) is 23.2 Å². The first-order chi connectivity index (χ1) is 10.1. The van der Waals surface area contributed by atoms with Gasteiger partial charge in [-0.25, -0.2) is 0 Å². The molecule has 21 heavy (non-hydrogen) atoms. The van der Waals surface area contributed by atoms with Crippen molar-refractivity contribution in [1.29, 1.82) is 0 Å². The van der Waals surface area contributed by atoms with Gasteiger partial charge in [-0.3, -0.25) is 9.59 Å². The van der Waals surface area contributed by atoms with Gasteiger partial charge in [-0.05, 0) is 32.0 Å². The zero-order chi connectivity index (χ0) is 14.8. The molecule has 112 valence electrons. The molecule has 1 aromatic rings. The van der Waals surface area contributed by atoms with Crippen molar-refractivity contribution in [1.82, 2.24) is 9.80 Å². The van der Waals surface area contributed by atoms with Crippen LogP contribution in [0.4, 0.5) is 5.69 Å². The Balaban J connectivity index is 1.74. The summed E-state index contributed by atoms with van der Waals surface area (Å²) in [7, 11) is 2.06. The molecule has 0 bridgehead atoms. The predicted molar refractivity (Wildman–Crippen MR) is 81.2 cm³/mol. The van der Waals surface area contributed by atoms with Crippen molar-refractivity contribution >= 4 is 17.5 Å². The smallest absolute Gasteiger partial charge is 0.256 e. The van der Waals surface area contributed by atoms with Crippen molar-refractivity contribution in [3.05, 3.63) is 29.8 Å². The third-order valence-electron chi connectivity index (χ3n) is 4.15. The van der Waals surface area contributed by atoms with Gasteiger partial charge in [0.1, 0.15) is 0 Å². The number of amides is 2. The molecule has 0 radical (unpaired) electrons. The molecule has 0 spiro atoms. The summed E-state index contributed by atoms with van der Waals surface area (Å²) in [6.45, 7) is 3.26. The fourth-order valence-corrected chi connectivity index (χ4v) is 2.54. The van der Waals surface area contributed by atoms with Gasteiger partial charge in [0.05, 0.1) is 11.3 Å². The van der Waals surface area contributed by atoms with Gasteiger partial charge in [-0.15, -0.1) is 0 Å². The monoisotopic (exact) mass is 287 g/mol. The molecule has 1 heterocycles. The summed E-state index contributed by atoms with van der Waals surface area (Å²) in [5, 5.41) is 2.90. The van der Waals surface area contributed by atoms with E-state index in [1.165, 1.54) is 0 Å². The molecule has 3 rings (SSSR count). The molecule has 1 saturated heterocycles. The van der Waals surface area contributed by atoms with Crippen LogP contribution in [0.2, 0.25) is 0 Å². The molecule has 0 aromatic heterocycles. The van der Waals surface area contributed by atoms with Crippen LogP contribution < -0.4 is 5.32 Å². The summed E-state index contributed by atoms with van der Waals surface area (Å²) in [4.78, 5) is 28.7. The maximum Gasteiger partial charge on any atom is 0.256 e. The van der Waals surface area contributed by atoms with E-state index in [9.17, 15) is 9.59 Å². The summed E-state index contributed by atoms with van der Waals surface area (Å²) < 4.78 is 0. The van der Waals surface area contributed by atoms with E-state index < -0.39 is 0 Å². The minimum Gasteiger partial charge on any atom is -0.336 e. The summed E-state index contributed by atoms with van der Waals surface area (Å²) in [6, 6.07) is 7.30. The summed E-state index contributed by atoms with van der Waals surface area (Å²) in [5.74, 6) is 0.181. The van der Waals surface area contributed by atoms with E-state index in [1.54, 1.807) is 6.07 Å². The van der Waals surface area contributed by atoms with Crippen LogP contribution in [-0.4, -0.2) is 54.8 Å². The molecule has 1 saturated carbocycles. The second-order valence-corrected chi connectivity index (χ2v) is 5.90. The number of benzene rings is 1. The van der Waals surface area contributed by atoms with E-state index in [-0.39, 0.29) is 17.7 Å². The van der Waals surface area contributed by atoms with E-state index >= 15 is 0 Å². The number of hydrogen-bond donors (Lipinski definition) is 1. The van der Waals surface area contributed by atoms with Crippen molar-refractivity contribution < 1.29 is 9.59 Å². The number of para-hydroxylation sites is 1. The van der Waals surface area contributed by atoms with Crippen molar-refractivity contribution in [2.45, 2.75) is 12.8 Å². The number of piperazine rings is 1. The maximum absolute atomic E-state index is 12.7. The van der Waals surface area contributed by atoms with Gasteiger partial charge in [0.25, 0.3) is 5.91 Å². The third-order valence-corrected chi connectivity index (χ3v) is 4.15. The van der Waals surface area contributed by atoms with Crippen LogP contribution in [0.5, 0.6) is 0 Å². The summed E-state index contributed by atoms with van der Waals surface area (Å²) >= 11 is 0. The largest absolute Gasteiger partial charge is 0.336 e. The molecule has 1 aliphatic heterocycles. The SMILES string of the molecule is CN1CCN(C(=O)c2ccccc2NC(=O)C2CC2)CC1. The number of nitrogens with one attached hydrogen (secondary N) is 1. The second kappa shape index (κ2) is 5.85. The van der Waals surface area contributed by atoms with Gasteiger partial charge >= 0.3 is 0 Å². The fourth-order valence-electron chi connectivity index (χ4n) is 2.54. The summed E-state index contributed by atoms with van der Waals surface area (Å²) in [5.41, 5.74) is 1.23. The third kappa shape index (κ3) is 3.24. The number of hydrogen-bond acceptors (Lipinski definition) is 3. The topological polar surface area (TPSA) is 52.6 Å². The first-order valence-corrected chi connectivity index (χ1v) is 7.53. The number of carbonyl (C=O) groups is 2. The van der Waals surface area contributed by atoms with Crippen molar-refractivity contribution in [2.75, 3.05) is 38.5 Å². The van der Waals surface area contributed by atoms with E-state index in [4.69, 9.17) is 0 Å². The van der Waals surface area contributed by atoms with Gasteiger partial charge in [-0.2, -0.15) is 0 Å². The maximum atomic E-state index is 12.7. The Morgan fingerprint density at radius 3 is 2.43 bits per heavy atom. The highest BCUT2D eigenvalue weighted by Gasteiger charge is 2.30. The number of likely N-dealkylation sites (N-methyl/N-ethyl adjacent to an activating group) is 1. The van der Waals surface area contributed by atoms with Gasteiger partial charge < -0.3 is 15.1 Å². The molecular formula is C16H21N3O2. The lowest BCUT2D eigenvalue weighted by Crippen LogP contribution is -2.47. The number of nitrogens with zero attached hydrogens (tertiary/aromatic N) is 2. The van der Waals surface area contributed by atoms with Crippen molar-refractivity contribution in [3.8, 4) is 0 Å². The Kier molecular flexibility index (Phi) is 3.92. The zero-order valence-electron chi connectivity index (χ0n) is 12.3. The Labute approximate surface area is 124 Å². The van der Waals surface area contributed by atoms with Crippen LogP contribution in [0, 0.1) is 5.92 Å². The molecule has 2 aliphatic rings. The fraction of sp³-hybridized carbons (Fsp3) is 0.500. The second-order valence-electron chi connectivity index (χ2n) is 5.90. The normalized spacial score (nSPS) is 19.4. The van der Waals surface area contributed by atoms with Crippen LogP contribution in [0.3, 0.4) is 0 Å². The first kappa shape index (κ1) is 14.1. The molecule has 1 aromatic carbocycles. The highest BCUT2D eigenvalue weighted by atomic mass is 16.2. The van der Waals surface area contributed by atoms with Gasteiger partial charge in [0.2, 0.25) is 5.91 Å². The summed E-state index contributed by atoms with van der Waals surface area (Å²) in [6.07, 6.45) is 1.92. The van der Waals surface area contributed by atoms with Crippen molar-refractivity contribution in [2.24, 2.45) is 5.92 Å². The average molecular weight is 287 g/mol. The van der Waals surface area contributed by atoms with Crippen LogP contribution in [-0.2, 0) is 4.79 Å². The van der Waals surface area contributed by atoms with Crippen molar-refractivity contribution in [3.63, 3.8) is 0 Å². The number of rotatable bonds is 3. The molecule has 2 amide bonds. The van der Waals surface area contributed by atoms with Gasteiger partial charge in [0, 0.05) is 32.1 Å². The Hall–Kier alpha value is -1.88. The van der Waals surface area contributed by atoms with Crippen LogP contribution in [0.25, 0.3) is 0 Å². The highest BCUT2D eigenvalue weighted by molar-refractivity contribution is 6.04. The standard InChI is InChI=1S/C16H21N3O2/c1-18-8-10-19(11-9-18)16(21)13-4-2-3-5-14(13)17-15(20)12-6-7-12/h2-5,12H,6-11H2,1H3,(H,17,20). The minimum atomic E-state index is 0.00907. The number of anilines is 1. The highest BCUT2D eigenvalue weighted by Crippen LogP contribution is 2.30. The lowest BCUT2D eigenvalue weighted by atomic mass is 10.1. The van der Waals surface area contributed by atoms with Gasteiger partial charge in [-0.1, -0.05) is 12.1 Å². The molecule has 5 nitrogen and oxygen atoms in total. The molecule has 0 atom stereocenters.